The maximum atomic E-state index is 13.5. The molecule has 1 aromatic heterocycles. The van der Waals surface area contributed by atoms with E-state index in [2.05, 4.69) is 0 Å². The molecule has 4 rings (SSSR count). The van der Waals surface area contributed by atoms with Crippen molar-refractivity contribution in [1.82, 2.24) is 4.57 Å². The lowest BCUT2D eigenvalue weighted by Crippen LogP contribution is -2.35. The first-order valence-electron chi connectivity index (χ1n) is 9.54. The van der Waals surface area contributed by atoms with Crippen molar-refractivity contribution in [2.45, 2.75) is 32.9 Å². The minimum Gasteiger partial charge on any atom is -0.317 e. The Bertz CT molecular complexity index is 1080. The summed E-state index contributed by atoms with van der Waals surface area (Å²) in [7, 11) is 0. The van der Waals surface area contributed by atoms with Crippen LogP contribution in [-0.4, -0.2) is 17.0 Å². The predicted molar refractivity (Wildman–Crippen MR) is 107 cm³/mol. The van der Waals surface area contributed by atoms with E-state index in [1.807, 2.05) is 24.3 Å². The van der Waals surface area contributed by atoms with Crippen molar-refractivity contribution in [2.24, 2.45) is 0 Å². The molecule has 0 saturated heterocycles. The number of aryl methyl sites for hydroxylation is 2. The van der Waals surface area contributed by atoms with Gasteiger partial charge in [-0.3, -0.25) is 4.79 Å². The largest absolute Gasteiger partial charge is 0.418 e. The molecular weight excluding hydrogens is 377 g/mol. The number of carbonyl (C=O) groups excluding carboxylic acids is 1. The molecule has 3 aromatic rings. The molecule has 2 aromatic carbocycles. The van der Waals surface area contributed by atoms with Gasteiger partial charge in [0.2, 0.25) is 0 Å². The van der Waals surface area contributed by atoms with Crippen LogP contribution < -0.4 is 4.90 Å². The average molecular weight is 398 g/mol. The number of anilines is 1. The molecule has 2 heterocycles. The smallest absolute Gasteiger partial charge is 0.317 e. The van der Waals surface area contributed by atoms with Crippen LogP contribution in [0, 0.1) is 13.8 Å². The van der Waals surface area contributed by atoms with Crippen LogP contribution in [0.15, 0.2) is 54.6 Å². The fraction of sp³-hybridized carbons (Fsp3) is 0.261. The SMILES string of the molecule is Cc1cc(C(=O)N2CCCc3ccccc32)c(C)n1-c1ccccc1C(F)(F)F. The third kappa shape index (κ3) is 3.33. The highest BCUT2D eigenvalue weighted by atomic mass is 19.4. The van der Waals surface area contributed by atoms with Crippen LogP contribution >= 0.6 is 0 Å². The molecule has 1 amide bonds. The Morgan fingerprint density at radius 2 is 1.62 bits per heavy atom. The Morgan fingerprint density at radius 1 is 0.966 bits per heavy atom. The molecule has 3 nitrogen and oxygen atoms in total. The van der Waals surface area contributed by atoms with Gasteiger partial charge < -0.3 is 9.47 Å². The van der Waals surface area contributed by atoms with Crippen LogP contribution in [0.4, 0.5) is 18.9 Å². The van der Waals surface area contributed by atoms with Crippen LogP contribution in [0.1, 0.15) is 39.3 Å². The number of benzene rings is 2. The summed E-state index contributed by atoms with van der Waals surface area (Å²) in [5.41, 5.74) is 2.83. The Labute approximate surface area is 167 Å². The normalized spacial score (nSPS) is 14.0. The second kappa shape index (κ2) is 7.10. The van der Waals surface area contributed by atoms with Gasteiger partial charge in [-0.15, -0.1) is 0 Å². The number of para-hydroxylation sites is 2. The molecule has 1 aliphatic rings. The minimum atomic E-state index is -4.48. The lowest BCUT2D eigenvalue weighted by molar-refractivity contribution is -0.137. The van der Waals surface area contributed by atoms with Gasteiger partial charge in [0.25, 0.3) is 5.91 Å². The minimum absolute atomic E-state index is 0.0353. The fourth-order valence-electron chi connectivity index (χ4n) is 4.15. The number of fused-ring (bicyclic) bond motifs is 1. The number of aromatic nitrogens is 1. The van der Waals surface area contributed by atoms with Crippen molar-refractivity contribution in [1.29, 1.82) is 0 Å². The third-order valence-corrected chi connectivity index (χ3v) is 5.47. The molecule has 0 fully saturated rings. The highest BCUT2D eigenvalue weighted by Gasteiger charge is 2.35. The van der Waals surface area contributed by atoms with Crippen LogP contribution in [0.5, 0.6) is 0 Å². The highest BCUT2D eigenvalue weighted by Crippen LogP contribution is 2.36. The van der Waals surface area contributed by atoms with Crippen molar-refractivity contribution < 1.29 is 18.0 Å². The van der Waals surface area contributed by atoms with E-state index in [0.717, 1.165) is 30.2 Å². The molecule has 0 saturated carbocycles. The Hall–Kier alpha value is -3.02. The molecule has 0 unspecified atom stereocenters. The molecule has 0 atom stereocenters. The molecule has 29 heavy (non-hydrogen) atoms. The summed E-state index contributed by atoms with van der Waals surface area (Å²) in [6, 6.07) is 14.9. The average Bonchev–Trinajstić information content (AvgIpc) is 3.00. The van der Waals surface area contributed by atoms with E-state index in [9.17, 15) is 18.0 Å². The molecule has 0 aliphatic carbocycles. The quantitative estimate of drug-likeness (QED) is 0.543. The molecule has 150 valence electrons. The van der Waals surface area contributed by atoms with E-state index in [-0.39, 0.29) is 11.6 Å². The number of rotatable bonds is 2. The summed E-state index contributed by atoms with van der Waals surface area (Å²) in [4.78, 5) is 15.1. The first-order valence-corrected chi connectivity index (χ1v) is 9.54. The summed E-state index contributed by atoms with van der Waals surface area (Å²) >= 11 is 0. The summed E-state index contributed by atoms with van der Waals surface area (Å²) in [5, 5.41) is 0. The van der Waals surface area contributed by atoms with Crippen LogP contribution in [0.25, 0.3) is 5.69 Å². The second-order valence-electron chi connectivity index (χ2n) is 7.32. The number of amides is 1. The van der Waals surface area contributed by atoms with Gasteiger partial charge in [-0.05, 0) is 56.5 Å². The van der Waals surface area contributed by atoms with Crippen LogP contribution in [0.3, 0.4) is 0 Å². The molecule has 0 spiro atoms. The van der Waals surface area contributed by atoms with E-state index < -0.39 is 11.7 Å². The fourth-order valence-corrected chi connectivity index (χ4v) is 4.15. The second-order valence-corrected chi connectivity index (χ2v) is 7.32. The van der Waals surface area contributed by atoms with Gasteiger partial charge in [-0.25, -0.2) is 0 Å². The molecule has 6 heteroatoms. The molecule has 0 N–H and O–H groups in total. The monoisotopic (exact) mass is 398 g/mol. The molecule has 0 radical (unpaired) electrons. The van der Waals surface area contributed by atoms with Gasteiger partial charge in [0.15, 0.2) is 0 Å². The summed E-state index contributed by atoms with van der Waals surface area (Å²) < 4.78 is 42.1. The number of hydrogen-bond acceptors (Lipinski definition) is 1. The van der Waals surface area contributed by atoms with Crippen molar-refractivity contribution in [3.8, 4) is 5.69 Å². The number of hydrogen-bond donors (Lipinski definition) is 0. The Balaban J connectivity index is 1.80. The van der Waals surface area contributed by atoms with Crippen LogP contribution in [0.2, 0.25) is 0 Å². The van der Waals surface area contributed by atoms with Crippen LogP contribution in [-0.2, 0) is 12.6 Å². The Kier molecular flexibility index (Phi) is 4.73. The predicted octanol–water partition coefficient (Wildman–Crippen LogP) is 5.71. The van der Waals surface area contributed by atoms with E-state index >= 15 is 0 Å². The van der Waals surface area contributed by atoms with Gasteiger partial charge in [0, 0.05) is 23.6 Å². The van der Waals surface area contributed by atoms with Crippen molar-refractivity contribution >= 4 is 11.6 Å². The zero-order chi connectivity index (χ0) is 20.8. The van der Waals surface area contributed by atoms with Crippen molar-refractivity contribution in [3.05, 3.63) is 82.7 Å². The standard InChI is InChI=1S/C23H21F3N2O/c1-15-14-18(22(29)27-13-7-9-17-8-3-5-11-20(17)27)16(2)28(15)21-12-6-4-10-19(21)23(24,25)26/h3-6,8,10-12,14H,7,9,13H2,1-2H3. The molecular formula is C23H21F3N2O. The molecule has 1 aliphatic heterocycles. The van der Waals surface area contributed by atoms with E-state index in [4.69, 9.17) is 0 Å². The lowest BCUT2D eigenvalue weighted by Gasteiger charge is -2.29. The summed E-state index contributed by atoms with van der Waals surface area (Å²) in [5.74, 6) is -0.180. The number of alkyl halides is 3. The third-order valence-electron chi connectivity index (χ3n) is 5.47. The summed E-state index contributed by atoms with van der Waals surface area (Å²) in [6.45, 7) is 4.02. The van der Waals surface area contributed by atoms with E-state index in [1.54, 1.807) is 30.9 Å². The number of nitrogens with zero attached hydrogens (tertiary/aromatic N) is 2. The first kappa shape index (κ1) is 19.3. The number of carbonyl (C=O) groups is 1. The Morgan fingerprint density at radius 3 is 2.34 bits per heavy atom. The van der Waals surface area contributed by atoms with Gasteiger partial charge in [-0.1, -0.05) is 30.3 Å². The maximum absolute atomic E-state index is 13.5. The maximum Gasteiger partial charge on any atom is 0.418 e. The zero-order valence-corrected chi connectivity index (χ0v) is 16.3. The van der Waals surface area contributed by atoms with E-state index in [1.165, 1.54) is 16.7 Å². The lowest BCUT2D eigenvalue weighted by atomic mass is 10.0. The number of halogens is 3. The first-order chi connectivity index (χ1) is 13.8. The van der Waals surface area contributed by atoms with Gasteiger partial charge in [0.05, 0.1) is 16.8 Å². The van der Waals surface area contributed by atoms with E-state index in [0.29, 0.717) is 23.5 Å². The summed E-state index contributed by atoms with van der Waals surface area (Å²) in [6.07, 6.45) is -2.70. The van der Waals surface area contributed by atoms with Gasteiger partial charge in [0.1, 0.15) is 0 Å². The van der Waals surface area contributed by atoms with Gasteiger partial charge in [-0.2, -0.15) is 13.2 Å². The highest BCUT2D eigenvalue weighted by molar-refractivity contribution is 6.07. The van der Waals surface area contributed by atoms with Gasteiger partial charge >= 0.3 is 6.18 Å². The molecule has 0 bridgehead atoms. The topological polar surface area (TPSA) is 25.2 Å². The van der Waals surface area contributed by atoms with Crippen molar-refractivity contribution in [2.75, 3.05) is 11.4 Å². The zero-order valence-electron chi connectivity index (χ0n) is 16.3. The van der Waals surface area contributed by atoms with Crippen molar-refractivity contribution in [3.63, 3.8) is 0 Å².